The van der Waals surface area contributed by atoms with Gasteiger partial charge in [-0.1, -0.05) is 41.9 Å². The Morgan fingerprint density at radius 1 is 1.00 bits per heavy atom. The smallest absolute Gasteiger partial charge is 0.159 e. The van der Waals surface area contributed by atoms with Crippen molar-refractivity contribution in [3.63, 3.8) is 0 Å². The van der Waals surface area contributed by atoms with Gasteiger partial charge in [0.05, 0.1) is 16.4 Å². The molecule has 0 saturated heterocycles. The van der Waals surface area contributed by atoms with Crippen LogP contribution in [-0.2, 0) is 19.5 Å². The first-order valence-corrected chi connectivity index (χ1v) is 11.2. The van der Waals surface area contributed by atoms with E-state index in [-0.39, 0.29) is 0 Å². The van der Waals surface area contributed by atoms with Gasteiger partial charge in [-0.3, -0.25) is 4.90 Å². The summed E-state index contributed by atoms with van der Waals surface area (Å²) in [5, 5.41) is 1.83. The van der Waals surface area contributed by atoms with Crippen LogP contribution in [-0.4, -0.2) is 26.4 Å². The molecule has 0 fully saturated rings. The van der Waals surface area contributed by atoms with E-state index in [1.807, 2.05) is 36.5 Å². The Kier molecular flexibility index (Phi) is 5.34. The molecule has 1 aliphatic rings. The van der Waals surface area contributed by atoms with Crippen LogP contribution in [0.1, 0.15) is 21.1 Å². The number of aryl methyl sites for hydroxylation is 1. The molecule has 4 nitrogen and oxygen atoms in total. The maximum Gasteiger partial charge on any atom is 0.159 e. The summed E-state index contributed by atoms with van der Waals surface area (Å²) in [5.41, 5.74) is 5.65. The van der Waals surface area contributed by atoms with Gasteiger partial charge in [0.15, 0.2) is 5.82 Å². The summed E-state index contributed by atoms with van der Waals surface area (Å²) in [4.78, 5) is 18.0. The molecule has 0 aliphatic carbocycles. The molecule has 0 radical (unpaired) electrons. The third kappa shape index (κ3) is 4.01. The number of rotatable bonds is 4. The van der Waals surface area contributed by atoms with Crippen molar-refractivity contribution in [2.75, 3.05) is 6.54 Å². The highest BCUT2D eigenvalue weighted by Gasteiger charge is 2.21. The number of hydrogen-bond acceptors (Lipinski definition) is 5. The molecule has 3 heterocycles. The Balaban J connectivity index is 1.35. The molecule has 2 aromatic carbocycles. The first-order valence-electron chi connectivity index (χ1n) is 10.0. The van der Waals surface area contributed by atoms with Crippen molar-refractivity contribution in [1.82, 2.24) is 19.9 Å². The molecule has 0 bridgehead atoms. The van der Waals surface area contributed by atoms with Crippen molar-refractivity contribution in [1.29, 1.82) is 0 Å². The van der Waals surface area contributed by atoms with Crippen LogP contribution in [0.25, 0.3) is 22.6 Å². The van der Waals surface area contributed by atoms with E-state index in [1.54, 1.807) is 11.3 Å². The van der Waals surface area contributed by atoms with Crippen LogP contribution in [0.15, 0.2) is 60.8 Å². The predicted octanol–water partition coefficient (Wildman–Crippen LogP) is 5.79. The average Bonchev–Trinajstić information content (AvgIpc) is 3.14. The molecule has 30 heavy (non-hydrogen) atoms. The number of benzene rings is 2. The van der Waals surface area contributed by atoms with Crippen molar-refractivity contribution in [3.8, 4) is 22.6 Å². The van der Waals surface area contributed by atoms with E-state index in [1.165, 1.54) is 16.0 Å². The van der Waals surface area contributed by atoms with Crippen molar-refractivity contribution in [2.45, 2.75) is 26.4 Å². The van der Waals surface area contributed by atoms with Crippen LogP contribution in [0.2, 0.25) is 5.02 Å². The quantitative estimate of drug-likeness (QED) is 0.409. The zero-order valence-corrected chi connectivity index (χ0v) is 18.2. The first kappa shape index (κ1) is 19.4. The van der Waals surface area contributed by atoms with E-state index in [4.69, 9.17) is 21.6 Å². The summed E-state index contributed by atoms with van der Waals surface area (Å²) in [6.07, 6.45) is 2.91. The van der Waals surface area contributed by atoms with Gasteiger partial charge < -0.3 is 0 Å². The molecule has 0 spiro atoms. The largest absolute Gasteiger partial charge is 0.293 e. The minimum atomic E-state index is 0.723. The lowest BCUT2D eigenvalue weighted by Gasteiger charge is -2.27. The van der Waals surface area contributed by atoms with Gasteiger partial charge in [-0.15, -0.1) is 11.3 Å². The molecular formula is C24H21ClN4S. The number of hydrogen-bond donors (Lipinski definition) is 0. The van der Waals surface area contributed by atoms with E-state index >= 15 is 0 Å². The molecule has 2 aromatic heterocycles. The van der Waals surface area contributed by atoms with E-state index in [2.05, 4.69) is 41.1 Å². The van der Waals surface area contributed by atoms with Crippen molar-refractivity contribution in [2.24, 2.45) is 0 Å². The Morgan fingerprint density at radius 3 is 2.60 bits per heavy atom. The fraction of sp³-hybridized carbons (Fsp3) is 0.208. The van der Waals surface area contributed by atoms with Crippen LogP contribution in [0.5, 0.6) is 0 Å². The highest BCUT2D eigenvalue weighted by atomic mass is 35.5. The molecule has 0 amide bonds. The Hall–Kier alpha value is -2.60. The lowest BCUT2D eigenvalue weighted by Crippen LogP contribution is -2.30. The van der Waals surface area contributed by atoms with Crippen molar-refractivity contribution >= 4 is 22.9 Å². The zero-order chi connectivity index (χ0) is 20.5. The minimum Gasteiger partial charge on any atom is -0.293 e. The predicted molar refractivity (Wildman–Crippen MR) is 123 cm³/mol. The fourth-order valence-electron chi connectivity index (χ4n) is 3.85. The third-order valence-electron chi connectivity index (χ3n) is 5.33. The average molecular weight is 433 g/mol. The number of aromatic nitrogens is 3. The monoisotopic (exact) mass is 432 g/mol. The first-order chi connectivity index (χ1) is 14.7. The topological polar surface area (TPSA) is 41.9 Å². The van der Waals surface area contributed by atoms with E-state index < -0.39 is 0 Å². The molecular weight excluding hydrogens is 412 g/mol. The molecule has 4 aromatic rings. The second-order valence-electron chi connectivity index (χ2n) is 7.50. The molecule has 0 N–H and O–H groups in total. The second-order valence-corrected chi connectivity index (χ2v) is 9.23. The van der Waals surface area contributed by atoms with Gasteiger partial charge in [0.25, 0.3) is 0 Å². The third-order valence-corrected chi connectivity index (χ3v) is 6.54. The normalized spacial score (nSPS) is 13.9. The Bertz CT molecular complexity index is 1170. The highest BCUT2D eigenvalue weighted by Crippen LogP contribution is 2.31. The Morgan fingerprint density at radius 2 is 1.80 bits per heavy atom. The summed E-state index contributed by atoms with van der Waals surface area (Å²) >= 11 is 7.79. The maximum atomic E-state index is 6.00. The SMILES string of the molecule is Cc1nc(-c2ccccc2)c(CN2CCc3nc(-c4ccc(Cl)cc4)ncc3C2)s1. The summed E-state index contributed by atoms with van der Waals surface area (Å²) < 4.78 is 0. The van der Waals surface area contributed by atoms with E-state index in [0.717, 1.165) is 58.9 Å². The van der Waals surface area contributed by atoms with E-state index in [9.17, 15) is 0 Å². The van der Waals surface area contributed by atoms with Crippen LogP contribution >= 0.6 is 22.9 Å². The van der Waals surface area contributed by atoms with Crippen LogP contribution in [0.4, 0.5) is 0 Å². The van der Waals surface area contributed by atoms with Crippen molar-refractivity contribution in [3.05, 3.63) is 87.0 Å². The van der Waals surface area contributed by atoms with Gasteiger partial charge in [-0.05, 0) is 31.2 Å². The lowest BCUT2D eigenvalue weighted by atomic mass is 10.1. The second kappa shape index (κ2) is 8.26. The summed E-state index contributed by atoms with van der Waals surface area (Å²) in [7, 11) is 0. The molecule has 0 unspecified atom stereocenters. The number of fused-ring (bicyclic) bond motifs is 1. The highest BCUT2D eigenvalue weighted by molar-refractivity contribution is 7.12. The van der Waals surface area contributed by atoms with E-state index in [0.29, 0.717) is 0 Å². The van der Waals surface area contributed by atoms with Gasteiger partial charge in [-0.2, -0.15) is 0 Å². The number of halogens is 1. The van der Waals surface area contributed by atoms with Gasteiger partial charge in [0.1, 0.15) is 0 Å². The van der Waals surface area contributed by atoms with Crippen molar-refractivity contribution < 1.29 is 0 Å². The number of thiazole rings is 1. The molecule has 1 aliphatic heterocycles. The summed E-state index contributed by atoms with van der Waals surface area (Å²) in [5.74, 6) is 0.767. The van der Waals surface area contributed by atoms with Crippen LogP contribution in [0, 0.1) is 6.92 Å². The van der Waals surface area contributed by atoms with Crippen LogP contribution in [0.3, 0.4) is 0 Å². The molecule has 0 saturated carbocycles. The van der Waals surface area contributed by atoms with Gasteiger partial charge in [0.2, 0.25) is 0 Å². The van der Waals surface area contributed by atoms with Crippen LogP contribution < -0.4 is 0 Å². The summed E-state index contributed by atoms with van der Waals surface area (Å²) in [6.45, 7) is 4.82. The fourth-order valence-corrected chi connectivity index (χ4v) is 4.98. The number of nitrogens with zero attached hydrogens (tertiary/aromatic N) is 4. The zero-order valence-electron chi connectivity index (χ0n) is 16.7. The summed E-state index contributed by atoms with van der Waals surface area (Å²) in [6, 6.07) is 18.1. The molecule has 5 rings (SSSR count). The maximum absolute atomic E-state index is 6.00. The van der Waals surface area contributed by atoms with Gasteiger partial charge in [-0.25, -0.2) is 15.0 Å². The van der Waals surface area contributed by atoms with Gasteiger partial charge >= 0.3 is 0 Å². The lowest BCUT2D eigenvalue weighted by molar-refractivity contribution is 0.245. The molecule has 6 heteroatoms. The molecule has 0 atom stereocenters. The minimum absolute atomic E-state index is 0.723. The Labute approximate surface area is 185 Å². The standard InChI is InChI=1S/C24H21ClN4S/c1-16-27-23(17-5-3-2-4-6-17)22(30-16)15-29-12-11-21-19(14-29)13-26-24(28-21)18-7-9-20(25)10-8-18/h2-10,13H,11-12,14-15H2,1H3. The van der Waals surface area contributed by atoms with Gasteiger partial charge in [0, 0.05) is 58.8 Å². The molecule has 150 valence electrons.